The van der Waals surface area contributed by atoms with Crippen molar-refractivity contribution in [3.8, 4) is 0 Å². The van der Waals surface area contributed by atoms with Crippen molar-refractivity contribution < 1.29 is 18.3 Å². The van der Waals surface area contributed by atoms with Gasteiger partial charge in [-0.2, -0.15) is 4.31 Å². The highest BCUT2D eigenvalue weighted by atomic mass is 32.2. The van der Waals surface area contributed by atoms with Gasteiger partial charge in [-0.3, -0.25) is 0 Å². The predicted octanol–water partition coefficient (Wildman–Crippen LogP) is 2.50. The average Bonchev–Trinajstić information content (AvgIpc) is 2.39. The monoisotopic (exact) mass is 299 g/mol. The van der Waals surface area contributed by atoms with E-state index in [0.717, 1.165) is 12.8 Å². The van der Waals surface area contributed by atoms with E-state index in [2.05, 4.69) is 0 Å². The number of rotatable bonds is 7. The highest BCUT2D eigenvalue weighted by Gasteiger charge is 2.25. The van der Waals surface area contributed by atoms with Crippen molar-refractivity contribution in [1.82, 2.24) is 4.31 Å². The van der Waals surface area contributed by atoms with Gasteiger partial charge in [0.25, 0.3) is 0 Å². The molecule has 112 valence electrons. The molecule has 0 aliphatic carbocycles. The Kier molecular flexibility index (Phi) is 5.71. The normalized spacial score (nSPS) is 11.8. The molecule has 0 unspecified atom stereocenters. The molecule has 0 atom stereocenters. The number of unbranched alkanes of at least 4 members (excludes halogenated alkanes) is 1. The molecule has 20 heavy (non-hydrogen) atoms. The van der Waals surface area contributed by atoms with Crippen molar-refractivity contribution in [2.75, 3.05) is 13.1 Å². The van der Waals surface area contributed by atoms with E-state index in [1.165, 1.54) is 22.5 Å². The summed E-state index contributed by atoms with van der Waals surface area (Å²) in [7, 11) is -3.64. The van der Waals surface area contributed by atoms with Crippen LogP contribution in [0, 0.1) is 6.92 Å². The highest BCUT2D eigenvalue weighted by Crippen LogP contribution is 2.22. The van der Waals surface area contributed by atoms with Crippen LogP contribution in [0.5, 0.6) is 0 Å². The second-order valence-electron chi connectivity index (χ2n) is 4.64. The van der Waals surface area contributed by atoms with Crippen LogP contribution in [0.2, 0.25) is 0 Å². The van der Waals surface area contributed by atoms with Crippen molar-refractivity contribution in [1.29, 1.82) is 0 Å². The molecular weight excluding hydrogens is 278 g/mol. The van der Waals surface area contributed by atoms with Gasteiger partial charge in [-0.15, -0.1) is 0 Å². The van der Waals surface area contributed by atoms with Crippen molar-refractivity contribution in [3.63, 3.8) is 0 Å². The fraction of sp³-hybridized carbons (Fsp3) is 0.500. The molecule has 1 N–H and O–H groups in total. The maximum absolute atomic E-state index is 12.6. The molecule has 0 radical (unpaired) electrons. The molecule has 1 aromatic carbocycles. The Bertz CT molecular complexity index is 581. The van der Waals surface area contributed by atoms with Crippen LogP contribution in [0.4, 0.5) is 0 Å². The lowest BCUT2D eigenvalue weighted by Crippen LogP contribution is -2.32. The van der Waals surface area contributed by atoms with E-state index >= 15 is 0 Å². The fourth-order valence-electron chi connectivity index (χ4n) is 1.93. The van der Waals surface area contributed by atoms with Gasteiger partial charge in [-0.05, 0) is 31.0 Å². The van der Waals surface area contributed by atoms with E-state index in [1.807, 2.05) is 6.92 Å². The lowest BCUT2D eigenvalue weighted by atomic mass is 10.1. The Morgan fingerprint density at radius 1 is 1.30 bits per heavy atom. The Labute approximate surface area is 120 Å². The molecular formula is C14H21NO4S. The molecule has 0 saturated carbocycles. The molecule has 1 rings (SSSR count). The molecule has 1 aromatic rings. The first-order valence-corrected chi connectivity index (χ1v) is 8.12. The molecule has 0 spiro atoms. The van der Waals surface area contributed by atoms with Crippen molar-refractivity contribution in [2.45, 2.75) is 38.5 Å². The zero-order chi connectivity index (χ0) is 15.3. The maximum Gasteiger partial charge on any atom is 0.335 e. The second-order valence-corrected chi connectivity index (χ2v) is 6.54. The summed E-state index contributed by atoms with van der Waals surface area (Å²) in [5, 5.41) is 8.99. The number of aromatic carboxylic acids is 1. The summed E-state index contributed by atoms with van der Waals surface area (Å²) in [4.78, 5) is 11.1. The van der Waals surface area contributed by atoms with Gasteiger partial charge in [0, 0.05) is 13.1 Å². The number of sulfonamides is 1. The van der Waals surface area contributed by atoms with E-state index in [0.29, 0.717) is 18.7 Å². The number of nitrogens with zero attached hydrogens (tertiary/aromatic N) is 1. The molecule has 5 nitrogen and oxygen atoms in total. The number of carboxylic acids is 1. The number of benzene rings is 1. The first-order chi connectivity index (χ1) is 9.34. The largest absolute Gasteiger partial charge is 0.478 e. The lowest BCUT2D eigenvalue weighted by Gasteiger charge is -2.21. The van der Waals surface area contributed by atoms with E-state index in [1.54, 1.807) is 13.8 Å². The maximum atomic E-state index is 12.6. The number of hydrogen-bond acceptors (Lipinski definition) is 3. The van der Waals surface area contributed by atoms with Gasteiger partial charge in [-0.1, -0.05) is 26.3 Å². The quantitative estimate of drug-likeness (QED) is 0.839. The summed E-state index contributed by atoms with van der Waals surface area (Å²) in [6.07, 6.45) is 1.69. The molecule has 0 fully saturated rings. The van der Waals surface area contributed by atoms with Gasteiger partial charge >= 0.3 is 5.97 Å². The molecule has 0 bridgehead atoms. The van der Waals surface area contributed by atoms with Gasteiger partial charge in [0.15, 0.2) is 0 Å². The zero-order valence-corrected chi connectivity index (χ0v) is 12.9. The molecule has 6 heteroatoms. The summed E-state index contributed by atoms with van der Waals surface area (Å²) >= 11 is 0. The number of hydrogen-bond donors (Lipinski definition) is 1. The smallest absolute Gasteiger partial charge is 0.335 e. The third kappa shape index (κ3) is 3.58. The van der Waals surface area contributed by atoms with Crippen molar-refractivity contribution in [3.05, 3.63) is 29.3 Å². The molecule has 0 aliphatic rings. The van der Waals surface area contributed by atoms with Crippen LogP contribution in [0.3, 0.4) is 0 Å². The third-order valence-electron chi connectivity index (χ3n) is 3.17. The van der Waals surface area contributed by atoms with Gasteiger partial charge in [0.1, 0.15) is 0 Å². The van der Waals surface area contributed by atoms with E-state index < -0.39 is 16.0 Å². The summed E-state index contributed by atoms with van der Waals surface area (Å²) in [6.45, 7) is 6.28. The molecule has 0 aliphatic heterocycles. The van der Waals surface area contributed by atoms with Crippen molar-refractivity contribution in [2.24, 2.45) is 0 Å². The molecule has 0 heterocycles. The van der Waals surface area contributed by atoms with Gasteiger partial charge < -0.3 is 5.11 Å². The topological polar surface area (TPSA) is 74.7 Å². The highest BCUT2D eigenvalue weighted by molar-refractivity contribution is 7.89. The van der Waals surface area contributed by atoms with Crippen molar-refractivity contribution >= 4 is 16.0 Å². The summed E-state index contributed by atoms with van der Waals surface area (Å²) in [5.74, 6) is -1.13. The number of carboxylic acid groups (broad SMARTS) is 1. The standard InChI is InChI=1S/C14H21NO4S/c1-4-6-9-15(5-2)20(18,19)13-10-12(14(16)17)8-7-11(13)3/h7-8,10H,4-6,9H2,1-3H3,(H,16,17). The second kappa shape index (κ2) is 6.85. The molecule has 0 aromatic heterocycles. The predicted molar refractivity (Wildman–Crippen MR) is 77.5 cm³/mol. The minimum atomic E-state index is -3.64. The van der Waals surface area contributed by atoms with Gasteiger partial charge in [0.2, 0.25) is 10.0 Å². The van der Waals surface area contributed by atoms with Crippen LogP contribution in [0.25, 0.3) is 0 Å². The minimum absolute atomic E-state index is 0.0132. The molecule has 0 saturated heterocycles. The SMILES string of the molecule is CCCCN(CC)S(=O)(=O)c1cc(C(=O)O)ccc1C. The van der Waals surface area contributed by atoms with Crippen LogP contribution < -0.4 is 0 Å². The Balaban J connectivity index is 3.26. The Hall–Kier alpha value is -1.40. The van der Waals surface area contributed by atoms with E-state index in [9.17, 15) is 13.2 Å². The summed E-state index contributed by atoms with van der Waals surface area (Å²) in [6, 6.07) is 4.19. The van der Waals surface area contributed by atoms with Gasteiger partial charge in [-0.25, -0.2) is 13.2 Å². The average molecular weight is 299 g/mol. The Morgan fingerprint density at radius 3 is 2.45 bits per heavy atom. The number of aryl methyl sites for hydroxylation is 1. The fourth-order valence-corrected chi connectivity index (χ4v) is 3.67. The van der Waals surface area contributed by atoms with Crippen LogP contribution in [-0.2, 0) is 10.0 Å². The Morgan fingerprint density at radius 2 is 1.95 bits per heavy atom. The van der Waals surface area contributed by atoms with Gasteiger partial charge in [0.05, 0.1) is 10.5 Å². The molecule has 0 amide bonds. The van der Waals surface area contributed by atoms with Crippen LogP contribution in [0.15, 0.2) is 23.1 Å². The van der Waals surface area contributed by atoms with E-state index in [4.69, 9.17) is 5.11 Å². The first-order valence-electron chi connectivity index (χ1n) is 6.68. The van der Waals surface area contributed by atoms with Crippen LogP contribution in [-0.4, -0.2) is 36.9 Å². The summed E-state index contributed by atoms with van der Waals surface area (Å²) in [5.41, 5.74) is 0.547. The lowest BCUT2D eigenvalue weighted by molar-refractivity contribution is 0.0696. The first kappa shape index (κ1) is 16.7. The zero-order valence-electron chi connectivity index (χ0n) is 12.1. The minimum Gasteiger partial charge on any atom is -0.478 e. The van der Waals surface area contributed by atoms with Crippen LogP contribution in [0.1, 0.15) is 42.6 Å². The summed E-state index contributed by atoms with van der Waals surface area (Å²) < 4.78 is 26.6. The third-order valence-corrected chi connectivity index (χ3v) is 5.28. The van der Waals surface area contributed by atoms with E-state index in [-0.39, 0.29) is 10.5 Å². The van der Waals surface area contributed by atoms with Crippen LogP contribution >= 0.6 is 0 Å². The number of carbonyl (C=O) groups is 1.